The van der Waals surface area contributed by atoms with E-state index >= 15 is 0 Å². The minimum atomic E-state index is -0.721. The molecule has 0 saturated carbocycles. The maximum atomic E-state index is 11.1. The number of aromatic nitrogens is 1. The molecular formula is C15H19NOS. The molecule has 1 aromatic carbocycles. The van der Waals surface area contributed by atoms with Crippen molar-refractivity contribution in [2.75, 3.05) is 11.5 Å². The predicted molar refractivity (Wildman–Crippen MR) is 77.9 cm³/mol. The van der Waals surface area contributed by atoms with Gasteiger partial charge in [-0.25, -0.2) is 0 Å². The molecule has 1 aliphatic heterocycles. The largest absolute Gasteiger partial charge is 0.384 e. The average molecular weight is 261 g/mol. The summed E-state index contributed by atoms with van der Waals surface area (Å²) in [6.07, 6.45) is 3.00. The van der Waals surface area contributed by atoms with E-state index in [0.29, 0.717) is 0 Å². The fourth-order valence-corrected chi connectivity index (χ4v) is 4.39. The molecule has 2 nitrogen and oxygen atoms in total. The number of rotatable bonds is 1. The van der Waals surface area contributed by atoms with Crippen molar-refractivity contribution in [3.63, 3.8) is 0 Å². The lowest BCUT2D eigenvalue weighted by atomic mass is 9.70. The minimum Gasteiger partial charge on any atom is -0.384 e. The van der Waals surface area contributed by atoms with Gasteiger partial charge in [-0.15, -0.1) is 0 Å². The molecule has 2 aromatic rings. The highest BCUT2D eigenvalue weighted by molar-refractivity contribution is 7.99. The van der Waals surface area contributed by atoms with Gasteiger partial charge in [-0.05, 0) is 46.7 Å². The summed E-state index contributed by atoms with van der Waals surface area (Å²) < 4.78 is 0. The molecule has 1 fully saturated rings. The van der Waals surface area contributed by atoms with Gasteiger partial charge < -0.3 is 10.1 Å². The summed E-state index contributed by atoms with van der Waals surface area (Å²) in [6.45, 7) is 4.35. The summed E-state index contributed by atoms with van der Waals surface area (Å²) >= 11 is 1.85. The summed E-state index contributed by atoms with van der Waals surface area (Å²) in [5, 5.41) is 12.3. The van der Waals surface area contributed by atoms with E-state index in [1.165, 1.54) is 5.39 Å². The number of aromatic amines is 1. The Hall–Kier alpha value is -0.930. The third-order valence-electron chi connectivity index (χ3n) is 4.33. The number of fused-ring (bicyclic) bond motifs is 1. The summed E-state index contributed by atoms with van der Waals surface area (Å²) in [4.78, 5) is 3.20. The topological polar surface area (TPSA) is 36.0 Å². The first-order valence-electron chi connectivity index (χ1n) is 6.41. The van der Waals surface area contributed by atoms with E-state index in [2.05, 4.69) is 43.1 Å². The van der Waals surface area contributed by atoms with Gasteiger partial charge in [-0.3, -0.25) is 0 Å². The minimum absolute atomic E-state index is 0.0672. The molecule has 1 aliphatic rings. The second kappa shape index (κ2) is 4.04. The first-order valence-corrected chi connectivity index (χ1v) is 7.56. The van der Waals surface area contributed by atoms with Crippen LogP contribution in [0.2, 0.25) is 0 Å². The number of benzene rings is 1. The molecule has 1 saturated heterocycles. The number of hydrogen-bond acceptors (Lipinski definition) is 2. The van der Waals surface area contributed by atoms with Crippen molar-refractivity contribution in [2.24, 2.45) is 5.41 Å². The zero-order chi connectivity index (χ0) is 12.8. The van der Waals surface area contributed by atoms with Crippen molar-refractivity contribution < 1.29 is 5.11 Å². The first-order chi connectivity index (χ1) is 8.53. The van der Waals surface area contributed by atoms with Gasteiger partial charge in [0.2, 0.25) is 0 Å². The fraction of sp³-hybridized carbons (Fsp3) is 0.467. The van der Waals surface area contributed by atoms with Crippen LogP contribution in [-0.4, -0.2) is 21.6 Å². The molecule has 1 unspecified atom stereocenters. The van der Waals surface area contributed by atoms with E-state index in [1.54, 1.807) is 0 Å². The summed E-state index contributed by atoms with van der Waals surface area (Å²) in [6, 6.07) is 8.31. The van der Waals surface area contributed by atoms with Crippen LogP contribution in [0, 0.1) is 5.41 Å². The summed E-state index contributed by atoms with van der Waals surface area (Å²) in [5.74, 6) is 1.93. The Bertz CT molecular complexity index is 575. The lowest BCUT2D eigenvalue weighted by molar-refractivity contribution is -0.0577. The number of H-pyrrole nitrogens is 1. The molecule has 0 bridgehead atoms. The second-order valence-electron chi connectivity index (χ2n) is 5.83. The lowest BCUT2D eigenvalue weighted by Gasteiger charge is -2.46. The zero-order valence-electron chi connectivity index (χ0n) is 10.9. The second-order valence-corrected chi connectivity index (χ2v) is 6.93. The molecule has 3 rings (SSSR count). The molecule has 96 valence electrons. The summed E-state index contributed by atoms with van der Waals surface area (Å²) in [5.41, 5.74) is 1.39. The molecule has 0 spiro atoms. The van der Waals surface area contributed by atoms with Crippen molar-refractivity contribution in [2.45, 2.75) is 25.9 Å². The maximum Gasteiger partial charge on any atom is 0.104 e. The summed E-state index contributed by atoms with van der Waals surface area (Å²) in [7, 11) is 0. The van der Waals surface area contributed by atoms with Crippen molar-refractivity contribution in [1.29, 1.82) is 0 Å². The Morgan fingerprint density at radius 2 is 2.11 bits per heavy atom. The van der Waals surface area contributed by atoms with E-state index in [-0.39, 0.29) is 5.41 Å². The zero-order valence-corrected chi connectivity index (χ0v) is 11.7. The quantitative estimate of drug-likeness (QED) is 0.824. The fourth-order valence-electron chi connectivity index (χ4n) is 2.73. The van der Waals surface area contributed by atoms with Gasteiger partial charge in [0.25, 0.3) is 0 Å². The third kappa shape index (κ3) is 1.69. The highest BCUT2D eigenvalue weighted by atomic mass is 32.2. The van der Waals surface area contributed by atoms with Crippen LogP contribution in [0.3, 0.4) is 0 Å². The predicted octanol–water partition coefficient (Wildman–Crippen LogP) is 3.52. The number of nitrogens with one attached hydrogen (secondary N) is 1. The third-order valence-corrected chi connectivity index (χ3v) is 5.45. The molecule has 3 heteroatoms. The normalized spacial score (nSPS) is 27.5. The molecule has 1 atom stereocenters. The van der Waals surface area contributed by atoms with E-state index in [0.717, 1.165) is 29.0 Å². The first kappa shape index (κ1) is 12.1. The monoisotopic (exact) mass is 261 g/mol. The van der Waals surface area contributed by atoms with Gasteiger partial charge in [0, 0.05) is 17.5 Å². The van der Waals surface area contributed by atoms with Gasteiger partial charge >= 0.3 is 0 Å². The van der Waals surface area contributed by atoms with E-state index < -0.39 is 5.60 Å². The van der Waals surface area contributed by atoms with E-state index in [1.807, 2.05) is 18.0 Å². The van der Waals surface area contributed by atoms with Crippen LogP contribution >= 0.6 is 11.8 Å². The number of aliphatic hydroxyl groups is 1. The van der Waals surface area contributed by atoms with Crippen LogP contribution in [0.25, 0.3) is 10.9 Å². The molecule has 0 amide bonds. The molecule has 0 radical (unpaired) electrons. The Balaban J connectivity index is 2.11. The molecular weight excluding hydrogens is 242 g/mol. The van der Waals surface area contributed by atoms with E-state index in [9.17, 15) is 5.11 Å². The number of thioether (sulfide) groups is 1. The highest BCUT2D eigenvalue weighted by Gasteiger charge is 2.46. The van der Waals surface area contributed by atoms with Crippen LogP contribution in [-0.2, 0) is 5.60 Å². The van der Waals surface area contributed by atoms with Crippen LogP contribution in [0.4, 0.5) is 0 Å². The Morgan fingerprint density at radius 3 is 2.89 bits per heavy atom. The molecule has 0 aliphatic carbocycles. The van der Waals surface area contributed by atoms with Crippen molar-refractivity contribution in [3.8, 4) is 0 Å². The van der Waals surface area contributed by atoms with Crippen LogP contribution < -0.4 is 0 Å². The van der Waals surface area contributed by atoms with Gasteiger partial charge in [-0.2, -0.15) is 11.8 Å². The SMILES string of the molecule is CC1(C)CCSCC1(O)c1ccc2[nH]ccc2c1. The van der Waals surface area contributed by atoms with Crippen LogP contribution in [0.5, 0.6) is 0 Å². The van der Waals surface area contributed by atoms with Gasteiger partial charge in [0.1, 0.15) is 5.60 Å². The molecule has 18 heavy (non-hydrogen) atoms. The van der Waals surface area contributed by atoms with Crippen molar-refractivity contribution >= 4 is 22.7 Å². The molecule has 2 N–H and O–H groups in total. The molecule has 1 aromatic heterocycles. The lowest BCUT2D eigenvalue weighted by Crippen LogP contribution is -2.47. The van der Waals surface area contributed by atoms with Crippen molar-refractivity contribution in [1.82, 2.24) is 4.98 Å². The van der Waals surface area contributed by atoms with Gasteiger partial charge in [-0.1, -0.05) is 19.9 Å². The smallest absolute Gasteiger partial charge is 0.104 e. The van der Waals surface area contributed by atoms with Crippen LogP contribution in [0.1, 0.15) is 25.8 Å². The van der Waals surface area contributed by atoms with Gasteiger partial charge in [0.05, 0.1) is 0 Å². The maximum absolute atomic E-state index is 11.1. The standard InChI is InChI=1S/C15H19NOS/c1-14(2)6-8-18-10-15(14,17)12-3-4-13-11(9-12)5-7-16-13/h3-5,7,9,16-17H,6,8,10H2,1-2H3. The molecule has 2 heterocycles. The average Bonchev–Trinajstić information content (AvgIpc) is 2.80. The number of hydrogen-bond donors (Lipinski definition) is 2. The Kier molecular flexibility index (Phi) is 2.72. The van der Waals surface area contributed by atoms with Crippen LogP contribution in [0.15, 0.2) is 30.5 Å². The van der Waals surface area contributed by atoms with Gasteiger partial charge in [0.15, 0.2) is 0 Å². The Labute approximate surface area is 112 Å². The van der Waals surface area contributed by atoms with Crippen molar-refractivity contribution in [3.05, 3.63) is 36.0 Å². The Morgan fingerprint density at radius 1 is 1.28 bits per heavy atom. The van der Waals surface area contributed by atoms with E-state index in [4.69, 9.17) is 0 Å². The highest BCUT2D eigenvalue weighted by Crippen LogP contribution is 2.48.